The average Bonchev–Trinajstić information content (AvgIpc) is 2.34. The number of carboxylic acids is 2. The molecule has 2 atom stereocenters. The van der Waals surface area contributed by atoms with E-state index in [2.05, 4.69) is 0 Å². The van der Waals surface area contributed by atoms with Gasteiger partial charge in [-0.15, -0.1) is 0 Å². The standard InChI is InChI=1S/C11H18N2O5/c12-7(4-5-9(14)15)10(16)13-6-2-1-3-8(13)11(17)18/h7-8H,1-6,12H2,(H,14,15)(H,17,18). The minimum Gasteiger partial charge on any atom is -0.481 e. The van der Waals surface area contributed by atoms with Gasteiger partial charge in [0.15, 0.2) is 0 Å². The Labute approximate surface area is 105 Å². The highest BCUT2D eigenvalue weighted by molar-refractivity contribution is 5.87. The number of hydrogen-bond acceptors (Lipinski definition) is 4. The van der Waals surface area contributed by atoms with Crippen molar-refractivity contribution in [3.05, 3.63) is 0 Å². The molecule has 1 aliphatic heterocycles. The van der Waals surface area contributed by atoms with Crippen molar-refractivity contribution >= 4 is 17.8 Å². The first-order chi connectivity index (χ1) is 8.43. The maximum atomic E-state index is 12.0. The van der Waals surface area contributed by atoms with Crippen LogP contribution in [-0.4, -0.2) is 51.6 Å². The van der Waals surface area contributed by atoms with E-state index in [1.54, 1.807) is 0 Å². The summed E-state index contributed by atoms with van der Waals surface area (Å²) in [5, 5.41) is 17.5. The predicted molar refractivity (Wildman–Crippen MR) is 61.8 cm³/mol. The highest BCUT2D eigenvalue weighted by Gasteiger charge is 2.34. The lowest BCUT2D eigenvalue weighted by atomic mass is 10.0. The zero-order valence-electron chi connectivity index (χ0n) is 10.0. The summed E-state index contributed by atoms with van der Waals surface area (Å²) in [5.41, 5.74) is 5.61. The second-order valence-corrected chi connectivity index (χ2v) is 4.42. The lowest BCUT2D eigenvalue weighted by Gasteiger charge is -2.34. The van der Waals surface area contributed by atoms with Gasteiger partial charge in [-0.05, 0) is 25.7 Å². The molecule has 18 heavy (non-hydrogen) atoms. The van der Waals surface area contributed by atoms with Crippen molar-refractivity contribution < 1.29 is 24.6 Å². The first-order valence-electron chi connectivity index (χ1n) is 5.94. The average molecular weight is 258 g/mol. The summed E-state index contributed by atoms with van der Waals surface area (Å²) in [6.07, 6.45) is 1.77. The van der Waals surface area contributed by atoms with Gasteiger partial charge in [0, 0.05) is 13.0 Å². The number of nitrogens with two attached hydrogens (primary N) is 1. The van der Waals surface area contributed by atoms with Gasteiger partial charge in [-0.2, -0.15) is 0 Å². The fourth-order valence-electron chi connectivity index (χ4n) is 2.07. The zero-order chi connectivity index (χ0) is 13.7. The number of nitrogens with zero attached hydrogens (tertiary/aromatic N) is 1. The molecule has 0 aliphatic carbocycles. The quantitative estimate of drug-likeness (QED) is 0.619. The fourth-order valence-corrected chi connectivity index (χ4v) is 2.07. The molecule has 1 saturated heterocycles. The van der Waals surface area contributed by atoms with Crippen molar-refractivity contribution in [2.45, 2.75) is 44.2 Å². The molecule has 4 N–H and O–H groups in total. The Bertz CT molecular complexity index is 344. The number of aliphatic carboxylic acids is 2. The van der Waals surface area contributed by atoms with Crippen LogP contribution < -0.4 is 5.73 Å². The van der Waals surface area contributed by atoms with Crippen LogP contribution in [0.3, 0.4) is 0 Å². The maximum Gasteiger partial charge on any atom is 0.326 e. The van der Waals surface area contributed by atoms with Gasteiger partial charge < -0.3 is 20.8 Å². The summed E-state index contributed by atoms with van der Waals surface area (Å²) in [5.74, 6) is -2.52. The summed E-state index contributed by atoms with van der Waals surface area (Å²) < 4.78 is 0. The highest BCUT2D eigenvalue weighted by atomic mass is 16.4. The van der Waals surface area contributed by atoms with Crippen LogP contribution in [0, 0.1) is 0 Å². The molecule has 1 rings (SSSR count). The Morgan fingerprint density at radius 3 is 2.50 bits per heavy atom. The first-order valence-corrected chi connectivity index (χ1v) is 5.94. The molecule has 0 aromatic carbocycles. The van der Waals surface area contributed by atoms with E-state index in [0.717, 1.165) is 12.8 Å². The topological polar surface area (TPSA) is 121 Å². The molecular formula is C11H18N2O5. The molecule has 1 fully saturated rings. The fraction of sp³-hybridized carbons (Fsp3) is 0.727. The largest absolute Gasteiger partial charge is 0.481 e. The van der Waals surface area contributed by atoms with Crippen molar-refractivity contribution in [3.8, 4) is 0 Å². The number of rotatable bonds is 5. The van der Waals surface area contributed by atoms with Crippen LogP contribution in [-0.2, 0) is 14.4 Å². The van der Waals surface area contributed by atoms with Gasteiger partial charge in [-0.25, -0.2) is 4.79 Å². The van der Waals surface area contributed by atoms with Gasteiger partial charge >= 0.3 is 11.9 Å². The van der Waals surface area contributed by atoms with E-state index in [-0.39, 0.29) is 12.8 Å². The Morgan fingerprint density at radius 1 is 1.28 bits per heavy atom. The second kappa shape index (κ2) is 6.34. The normalized spacial score (nSPS) is 21.4. The summed E-state index contributed by atoms with van der Waals surface area (Å²) in [7, 11) is 0. The van der Waals surface area contributed by atoms with Crippen LogP contribution in [0.2, 0.25) is 0 Å². The molecule has 7 nitrogen and oxygen atoms in total. The molecule has 0 aromatic rings. The molecule has 0 radical (unpaired) electrons. The van der Waals surface area contributed by atoms with Crippen LogP contribution >= 0.6 is 0 Å². The van der Waals surface area contributed by atoms with Gasteiger partial charge in [0.25, 0.3) is 0 Å². The van der Waals surface area contributed by atoms with Crippen molar-refractivity contribution in [1.29, 1.82) is 0 Å². The molecule has 7 heteroatoms. The van der Waals surface area contributed by atoms with Crippen molar-refractivity contribution in [2.75, 3.05) is 6.54 Å². The van der Waals surface area contributed by atoms with Gasteiger partial charge in [0.05, 0.1) is 6.04 Å². The van der Waals surface area contributed by atoms with Gasteiger partial charge in [0.2, 0.25) is 5.91 Å². The molecule has 2 unspecified atom stereocenters. The molecule has 1 amide bonds. The molecule has 0 spiro atoms. The van der Waals surface area contributed by atoms with E-state index in [0.29, 0.717) is 13.0 Å². The molecular weight excluding hydrogens is 240 g/mol. The summed E-state index contributed by atoms with van der Waals surface area (Å²) in [6.45, 7) is 0.372. The lowest BCUT2D eigenvalue weighted by molar-refractivity contribution is -0.152. The van der Waals surface area contributed by atoms with Gasteiger partial charge in [-0.3, -0.25) is 9.59 Å². The number of piperidine rings is 1. The van der Waals surface area contributed by atoms with E-state index in [1.165, 1.54) is 4.90 Å². The van der Waals surface area contributed by atoms with E-state index in [9.17, 15) is 14.4 Å². The minimum atomic E-state index is -1.03. The van der Waals surface area contributed by atoms with E-state index < -0.39 is 29.9 Å². The summed E-state index contributed by atoms with van der Waals surface area (Å²) in [4.78, 5) is 34.7. The minimum absolute atomic E-state index is 0.0248. The monoisotopic (exact) mass is 258 g/mol. The van der Waals surface area contributed by atoms with Crippen LogP contribution in [0.1, 0.15) is 32.1 Å². The van der Waals surface area contributed by atoms with Crippen LogP contribution in [0.25, 0.3) is 0 Å². The van der Waals surface area contributed by atoms with Crippen molar-refractivity contribution in [3.63, 3.8) is 0 Å². The van der Waals surface area contributed by atoms with Crippen LogP contribution in [0.15, 0.2) is 0 Å². The number of hydrogen-bond donors (Lipinski definition) is 3. The zero-order valence-corrected chi connectivity index (χ0v) is 10.0. The predicted octanol–water partition coefficient (Wildman–Crippen LogP) is -0.356. The van der Waals surface area contributed by atoms with E-state index >= 15 is 0 Å². The van der Waals surface area contributed by atoms with Gasteiger partial charge in [0.1, 0.15) is 6.04 Å². The Kier molecular flexibility index (Phi) is 5.08. The number of carbonyl (C=O) groups is 3. The molecule has 1 aliphatic rings. The van der Waals surface area contributed by atoms with Gasteiger partial charge in [-0.1, -0.05) is 0 Å². The summed E-state index contributed by atoms with van der Waals surface area (Å²) >= 11 is 0. The van der Waals surface area contributed by atoms with E-state index in [4.69, 9.17) is 15.9 Å². The SMILES string of the molecule is NC(CCC(=O)O)C(=O)N1CCCCC1C(=O)O. The lowest BCUT2D eigenvalue weighted by Crippen LogP contribution is -2.53. The summed E-state index contributed by atoms with van der Waals surface area (Å²) in [6, 6.07) is -1.77. The number of carboxylic acid groups (broad SMARTS) is 2. The maximum absolute atomic E-state index is 12.0. The molecule has 0 bridgehead atoms. The Morgan fingerprint density at radius 2 is 1.94 bits per heavy atom. The smallest absolute Gasteiger partial charge is 0.326 e. The number of carbonyl (C=O) groups excluding carboxylic acids is 1. The number of likely N-dealkylation sites (tertiary alicyclic amines) is 1. The molecule has 0 saturated carbocycles. The van der Waals surface area contributed by atoms with Crippen LogP contribution in [0.4, 0.5) is 0 Å². The third kappa shape index (κ3) is 3.69. The Balaban J connectivity index is 2.62. The Hall–Kier alpha value is -1.63. The first kappa shape index (κ1) is 14.4. The third-order valence-electron chi connectivity index (χ3n) is 3.06. The highest BCUT2D eigenvalue weighted by Crippen LogP contribution is 2.18. The molecule has 102 valence electrons. The van der Waals surface area contributed by atoms with E-state index in [1.807, 2.05) is 0 Å². The van der Waals surface area contributed by atoms with Crippen molar-refractivity contribution in [1.82, 2.24) is 4.90 Å². The third-order valence-corrected chi connectivity index (χ3v) is 3.06. The van der Waals surface area contributed by atoms with Crippen LogP contribution in [0.5, 0.6) is 0 Å². The van der Waals surface area contributed by atoms with Crippen molar-refractivity contribution in [2.24, 2.45) is 5.73 Å². The number of amides is 1. The molecule has 0 aromatic heterocycles. The second-order valence-electron chi connectivity index (χ2n) is 4.42. The molecule has 1 heterocycles.